The van der Waals surface area contributed by atoms with Crippen LogP contribution in [-0.4, -0.2) is 23.8 Å². The summed E-state index contributed by atoms with van der Waals surface area (Å²) in [4.78, 5) is 27.9. The molecule has 27 heavy (non-hydrogen) atoms. The van der Waals surface area contributed by atoms with Crippen molar-refractivity contribution in [1.82, 2.24) is 4.98 Å². The fourth-order valence-corrected chi connectivity index (χ4v) is 2.48. The Bertz CT molecular complexity index is 968. The highest BCUT2D eigenvalue weighted by Gasteiger charge is 2.09. The third kappa shape index (κ3) is 4.70. The first-order valence-electron chi connectivity index (χ1n) is 8.34. The molecule has 6 heteroatoms. The Morgan fingerprint density at radius 3 is 2.37 bits per heavy atom. The number of aromatic nitrogens is 1. The van der Waals surface area contributed by atoms with Gasteiger partial charge in [0.15, 0.2) is 5.78 Å². The van der Waals surface area contributed by atoms with E-state index in [1.807, 2.05) is 24.3 Å². The predicted octanol–water partition coefficient (Wildman–Crippen LogP) is 4.29. The van der Waals surface area contributed by atoms with Crippen LogP contribution in [-0.2, 0) is 0 Å². The van der Waals surface area contributed by atoms with Crippen LogP contribution in [0, 0.1) is 0 Å². The van der Waals surface area contributed by atoms with Crippen LogP contribution in [0.25, 0.3) is 0 Å². The van der Waals surface area contributed by atoms with Gasteiger partial charge >= 0.3 is 0 Å². The maximum absolute atomic E-state index is 12.4. The van der Waals surface area contributed by atoms with Gasteiger partial charge in [-0.2, -0.15) is 0 Å². The summed E-state index contributed by atoms with van der Waals surface area (Å²) < 4.78 is 5.21. The van der Waals surface area contributed by atoms with Crippen molar-refractivity contribution < 1.29 is 14.3 Å². The zero-order valence-electron chi connectivity index (χ0n) is 15.0. The van der Waals surface area contributed by atoms with Crippen LogP contribution in [0.1, 0.15) is 27.8 Å². The number of hydrogen-bond acceptors (Lipinski definition) is 5. The van der Waals surface area contributed by atoms with E-state index in [9.17, 15) is 9.59 Å². The molecule has 0 fully saturated rings. The van der Waals surface area contributed by atoms with Gasteiger partial charge in [0.2, 0.25) is 0 Å². The van der Waals surface area contributed by atoms with Gasteiger partial charge in [-0.1, -0.05) is 6.07 Å². The predicted molar refractivity (Wildman–Crippen MR) is 105 cm³/mol. The number of Topliss-reactive ketones (excluding diaryl/α,β-unsaturated/α-hetero) is 1. The van der Waals surface area contributed by atoms with Crippen molar-refractivity contribution in [2.45, 2.75) is 6.92 Å². The van der Waals surface area contributed by atoms with Crippen LogP contribution in [0.15, 0.2) is 66.9 Å². The first kappa shape index (κ1) is 18.1. The summed E-state index contributed by atoms with van der Waals surface area (Å²) in [5, 5.41) is 5.99. The van der Waals surface area contributed by atoms with E-state index in [1.54, 1.807) is 49.7 Å². The first-order chi connectivity index (χ1) is 13.0. The van der Waals surface area contributed by atoms with E-state index in [0.29, 0.717) is 11.3 Å². The number of hydrogen-bond donors (Lipinski definition) is 2. The number of methoxy groups -OCH3 is 1. The number of carbonyl (C=O) groups is 2. The molecule has 6 nitrogen and oxygen atoms in total. The maximum atomic E-state index is 12.4. The quantitative estimate of drug-likeness (QED) is 0.640. The summed E-state index contributed by atoms with van der Waals surface area (Å²) in [7, 11) is 1.61. The lowest BCUT2D eigenvalue weighted by molar-refractivity contribution is 0.101. The molecule has 0 bridgehead atoms. The third-order valence-electron chi connectivity index (χ3n) is 3.90. The lowest BCUT2D eigenvalue weighted by Gasteiger charge is -2.10. The molecular weight excluding hydrogens is 342 g/mol. The van der Waals surface area contributed by atoms with Gasteiger partial charge in [-0.25, -0.2) is 0 Å². The maximum Gasteiger partial charge on any atom is 0.274 e. The highest BCUT2D eigenvalue weighted by Crippen LogP contribution is 2.21. The first-order valence-corrected chi connectivity index (χ1v) is 8.34. The van der Waals surface area contributed by atoms with Gasteiger partial charge in [0.05, 0.1) is 7.11 Å². The lowest BCUT2D eigenvalue weighted by atomic mass is 10.1. The van der Waals surface area contributed by atoms with Gasteiger partial charge in [0.25, 0.3) is 5.91 Å². The van der Waals surface area contributed by atoms with Crippen LogP contribution in [0.2, 0.25) is 0 Å². The number of nitrogens with one attached hydrogen (secondary N) is 2. The van der Waals surface area contributed by atoms with E-state index in [-0.39, 0.29) is 17.4 Å². The van der Waals surface area contributed by atoms with Crippen LogP contribution in [0.4, 0.5) is 17.1 Å². The van der Waals surface area contributed by atoms with Crippen LogP contribution >= 0.6 is 0 Å². The lowest BCUT2D eigenvalue weighted by Crippen LogP contribution is -2.14. The SMILES string of the molecule is COc1cccc(Nc2ccnc(C(=O)Nc3ccc(C(C)=O)cc3)c2)c1. The van der Waals surface area contributed by atoms with Gasteiger partial charge in [-0.05, 0) is 55.5 Å². The number of rotatable bonds is 6. The van der Waals surface area contributed by atoms with Crippen LogP contribution < -0.4 is 15.4 Å². The monoisotopic (exact) mass is 361 g/mol. The molecule has 3 aromatic rings. The molecule has 2 aromatic carbocycles. The summed E-state index contributed by atoms with van der Waals surface area (Å²) >= 11 is 0. The van der Waals surface area contributed by atoms with E-state index in [2.05, 4.69) is 15.6 Å². The van der Waals surface area contributed by atoms with Crippen LogP contribution in [0.5, 0.6) is 5.75 Å². The van der Waals surface area contributed by atoms with Gasteiger partial charge in [-0.15, -0.1) is 0 Å². The summed E-state index contributed by atoms with van der Waals surface area (Å²) in [6.07, 6.45) is 1.57. The third-order valence-corrected chi connectivity index (χ3v) is 3.90. The molecule has 136 valence electrons. The van der Waals surface area contributed by atoms with Crippen molar-refractivity contribution in [2.75, 3.05) is 17.7 Å². The Kier molecular flexibility index (Phi) is 5.47. The van der Waals surface area contributed by atoms with E-state index < -0.39 is 0 Å². The fourth-order valence-electron chi connectivity index (χ4n) is 2.48. The zero-order chi connectivity index (χ0) is 19.2. The molecule has 0 atom stereocenters. The minimum absolute atomic E-state index is 0.0224. The number of carbonyl (C=O) groups excluding carboxylic acids is 2. The van der Waals surface area contributed by atoms with Gasteiger partial charge in [-0.3, -0.25) is 14.6 Å². The molecule has 0 aliphatic carbocycles. The fraction of sp³-hybridized carbons (Fsp3) is 0.0952. The molecule has 3 rings (SSSR count). The Morgan fingerprint density at radius 1 is 0.926 bits per heavy atom. The van der Waals surface area contributed by atoms with Crippen molar-refractivity contribution in [3.8, 4) is 5.75 Å². The number of anilines is 3. The van der Waals surface area contributed by atoms with E-state index in [1.165, 1.54) is 6.92 Å². The molecule has 2 N–H and O–H groups in total. The van der Waals surface area contributed by atoms with Gasteiger partial charge < -0.3 is 15.4 Å². The van der Waals surface area contributed by atoms with Crippen molar-refractivity contribution in [3.05, 3.63) is 78.1 Å². The van der Waals surface area contributed by atoms with Crippen molar-refractivity contribution in [3.63, 3.8) is 0 Å². The van der Waals surface area contributed by atoms with Gasteiger partial charge in [0, 0.05) is 34.9 Å². The average molecular weight is 361 g/mol. The number of ketones is 1. The Labute approximate surface area is 157 Å². The normalized spacial score (nSPS) is 10.1. The highest BCUT2D eigenvalue weighted by molar-refractivity contribution is 6.03. The number of pyridine rings is 1. The Hall–Kier alpha value is -3.67. The minimum atomic E-state index is -0.333. The number of benzene rings is 2. The molecule has 1 heterocycles. The molecule has 1 amide bonds. The second-order valence-electron chi connectivity index (χ2n) is 5.87. The molecule has 0 radical (unpaired) electrons. The summed E-state index contributed by atoms with van der Waals surface area (Å²) in [5.74, 6) is 0.381. The van der Waals surface area contributed by atoms with E-state index in [0.717, 1.165) is 17.1 Å². The van der Waals surface area contributed by atoms with Crippen molar-refractivity contribution >= 4 is 28.8 Å². The summed E-state index contributed by atoms with van der Waals surface area (Å²) in [6, 6.07) is 17.7. The second-order valence-corrected chi connectivity index (χ2v) is 5.87. The standard InChI is InChI=1S/C21H19N3O3/c1-14(25)15-6-8-16(9-7-15)24-21(26)20-13-18(10-11-22-20)23-17-4-3-5-19(12-17)27-2/h3-13H,1-2H3,(H,22,23)(H,24,26). The number of amides is 1. The van der Waals surface area contributed by atoms with E-state index >= 15 is 0 Å². The van der Waals surface area contributed by atoms with Gasteiger partial charge in [0.1, 0.15) is 11.4 Å². The largest absolute Gasteiger partial charge is 0.497 e. The second kappa shape index (κ2) is 8.14. The Balaban J connectivity index is 1.72. The molecule has 0 aliphatic heterocycles. The molecule has 0 spiro atoms. The van der Waals surface area contributed by atoms with Crippen molar-refractivity contribution in [1.29, 1.82) is 0 Å². The summed E-state index contributed by atoms with van der Waals surface area (Å²) in [6.45, 7) is 1.50. The molecule has 0 aliphatic rings. The van der Waals surface area contributed by atoms with E-state index in [4.69, 9.17) is 4.74 Å². The molecule has 0 unspecified atom stereocenters. The number of ether oxygens (including phenoxy) is 1. The Morgan fingerprint density at radius 2 is 1.67 bits per heavy atom. The average Bonchev–Trinajstić information content (AvgIpc) is 2.68. The van der Waals surface area contributed by atoms with Crippen LogP contribution in [0.3, 0.4) is 0 Å². The minimum Gasteiger partial charge on any atom is -0.497 e. The zero-order valence-corrected chi connectivity index (χ0v) is 15.0. The molecule has 0 saturated heterocycles. The molecular formula is C21H19N3O3. The molecule has 1 aromatic heterocycles. The topological polar surface area (TPSA) is 80.3 Å². The molecule has 0 saturated carbocycles. The smallest absolute Gasteiger partial charge is 0.274 e. The highest BCUT2D eigenvalue weighted by atomic mass is 16.5. The summed E-state index contributed by atoms with van der Waals surface area (Å²) in [5.41, 5.74) is 3.04. The number of nitrogens with zero attached hydrogens (tertiary/aromatic N) is 1. The van der Waals surface area contributed by atoms with Crippen molar-refractivity contribution in [2.24, 2.45) is 0 Å².